The van der Waals surface area contributed by atoms with Gasteiger partial charge in [-0.1, -0.05) is 12.7 Å². The molecule has 0 amide bonds. The Kier molecular flexibility index (Phi) is 6.48. The van der Waals surface area contributed by atoms with Crippen molar-refractivity contribution in [2.24, 2.45) is 11.7 Å². The van der Waals surface area contributed by atoms with Crippen LogP contribution in [0.25, 0.3) is 0 Å². The van der Waals surface area contributed by atoms with Crippen LogP contribution < -0.4 is 11.1 Å². The first-order valence-electron chi connectivity index (χ1n) is 6.42. The number of hydrogen-bond donors (Lipinski definition) is 2. The van der Waals surface area contributed by atoms with Crippen LogP contribution in [0.3, 0.4) is 0 Å². The third kappa shape index (κ3) is 4.65. The molecule has 0 spiro atoms. The van der Waals surface area contributed by atoms with Gasteiger partial charge in [-0.25, -0.2) is 0 Å². The third-order valence-corrected chi connectivity index (χ3v) is 3.34. The third-order valence-electron chi connectivity index (χ3n) is 3.34. The summed E-state index contributed by atoms with van der Waals surface area (Å²) < 4.78 is 0. The molecule has 0 aromatic heterocycles. The Labute approximate surface area is 105 Å². The molecule has 96 valence electrons. The number of nitrogens with two attached hydrogens (primary N) is 1. The molecule has 0 bridgehead atoms. The summed E-state index contributed by atoms with van der Waals surface area (Å²) in [6, 6.07) is 0. The molecule has 3 nitrogen and oxygen atoms in total. The molecular formula is C14H25N3. The zero-order valence-corrected chi connectivity index (χ0v) is 10.9. The van der Waals surface area contributed by atoms with Crippen molar-refractivity contribution in [3.63, 3.8) is 0 Å². The van der Waals surface area contributed by atoms with Gasteiger partial charge in [-0.2, -0.15) is 0 Å². The lowest BCUT2D eigenvalue weighted by Gasteiger charge is -2.34. The molecule has 17 heavy (non-hydrogen) atoms. The van der Waals surface area contributed by atoms with Gasteiger partial charge in [-0.3, -0.25) is 0 Å². The Hall–Kier alpha value is -1.22. The summed E-state index contributed by atoms with van der Waals surface area (Å²) in [6.45, 7) is 7.12. The summed E-state index contributed by atoms with van der Waals surface area (Å²) in [5.74, 6) is 0.866. The number of nitrogens with one attached hydrogen (secondary N) is 1. The Morgan fingerprint density at radius 2 is 2.18 bits per heavy atom. The maximum Gasteiger partial charge on any atom is 0.0380 e. The van der Waals surface area contributed by atoms with Gasteiger partial charge in [0.15, 0.2) is 0 Å². The van der Waals surface area contributed by atoms with E-state index in [0.717, 1.165) is 25.6 Å². The van der Waals surface area contributed by atoms with Crippen molar-refractivity contribution < 1.29 is 0 Å². The van der Waals surface area contributed by atoms with Gasteiger partial charge in [0, 0.05) is 18.8 Å². The Balaban J connectivity index is 2.44. The first kappa shape index (κ1) is 13.8. The Morgan fingerprint density at radius 3 is 2.71 bits per heavy atom. The second kappa shape index (κ2) is 7.96. The summed E-state index contributed by atoms with van der Waals surface area (Å²) in [5.41, 5.74) is 6.64. The highest BCUT2D eigenvalue weighted by molar-refractivity contribution is 5.21. The van der Waals surface area contributed by atoms with Gasteiger partial charge in [-0.15, -0.1) is 0 Å². The van der Waals surface area contributed by atoms with E-state index in [1.165, 1.54) is 25.0 Å². The lowest BCUT2D eigenvalue weighted by molar-refractivity contribution is 0.224. The summed E-state index contributed by atoms with van der Waals surface area (Å²) >= 11 is 0. The van der Waals surface area contributed by atoms with E-state index in [0.29, 0.717) is 0 Å². The van der Waals surface area contributed by atoms with Gasteiger partial charge in [0.05, 0.1) is 0 Å². The molecule has 0 radical (unpaired) electrons. The van der Waals surface area contributed by atoms with Crippen LogP contribution in [0.2, 0.25) is 0 Å². The zero-order valence-electron chi connectivity index (χ0n) is 10.9. The second-order valence-electron chi connectivity index (χ2n) is 4.51. The van der Waals surface area contributed by atoms with Crippen molar-refractivity contribution in [1.29, 1.82) is 0 Å². The van der Waals surface area contributed by atoms with Crippen molar-refractivity contribution in [3.05, 3.63) is 36.7 Å². The van der Waals surface area contributed by atoms with Crippen LogP contribution in [0, 0.1) is 5.92 Å². The Bertz CT molecular complexity index is 273. The second-order valence-corrected chi connectivity index (χ2v) is 4.51. The van der Waals surface area contributed by atoms with Crippen molar-refractivity contribution in [2.75, 3.05) is 26.7 Å². The molecule has 0 aliphatic carbocycles. The average molecular weight is 235 g/mol. The largest absolute Gasteiger partial charge is 0.405 e. The summed E-state index contributed by atoms with van der Waals surface area (Å²) in [4.78, 5) is 2.39. The van der Waals surface area contributed by atoms with E-state index in [-0.39, 0.29) is 0 Å². The van der Waals surface area contributed by atoms with Crippen molar-refractivity contribution >= 4 is 0 Å². The number of hydrogen-bond acceptors (Lipinski definition) is 3. The fourth-order valence-electron chi connectivity index (χ4n) is 2.31. The van der Waals surface area contributed by atoms with Crippen molar-refractivity contribution in [3.8, 4) is 0 Å². The number of likely N-dealkylation sites (tertiary alicyclic amines) is 1. The van der Waals surface area contributed by atoms with Crippen molar-refractivity contribution in [1.82, 2.24) is 10.2 Å². The molecule has 1 rings (SSSR count). The van der Waals surface area contributed by atoms with Gasteiger partial charge >= 0.3 is 0 Å². The van der Waals surface area contributed by atoms with Gasteiger partial charge in [0.2, 0.25) is 0 Å². The molecule has 3 heteroatoms. The lowest BCUT2D eigenvalue weighted by Crippen LogP contribution is -2.33. The fraction of sp³-hybridized carbons (Fsp3) is 0.571. The summed E-state index contributed by atoms with van der Waals surface area (Å²) in [5, 5.41) is 3.22. The van der Waals surface area contributed by atoms with E-state index in [9.17, 15) is 0 Å². The first-order valence-corrected chi connectivity index (χ1v) is 6.42. The van der Waals surface area contributed by atoms with E-state index in [4.69, 9.17) is 5.73 Å². The average Bonchev–Trinajstić information content (AvgIpc) is 2.37. The van der Waals surface area contributed by atoms with E-state index in [1.54, 1.807) is 6.20 Å². The van der Waals surface area contributed by atoms with E-state index in [1.807, 2.05) is 25.3 Å². The zero-order chi connectivity index (χ0) is 12.5. The van der Waals surface area contributed by atoms with E-state index >= 15 is 0 Å². The monoisotopic (exact) mass is 235 g/mol. The molecule has 1 aliphatic heterocycles. The highest BCUT2D eigenvalue weighted by Crippen LogP contribution is 2.23. The van der Waals surface area contributed by atoms with Crippen LogP contribution in [0.1, 0.15) is 19.3 Å². The molecule has 3 N–H and O–H groups in total. The minimum absolute atomic E-state index is 0.866. The number of rotatable bonds is 6. The van der Waals surface area contributed by atoms with Crippen LogP contribution in [0.4, 0.5) is 0 Å². The van der Waals surface area contributed by atoms with E-state index in [2.05, 4.69) is 16.8 Å². The van der Waals surface area contributed by atoms with Gasteiger partial charge in [-0.05, 0) is 57.1 Å². The summed E-state index contributed by atoms with van der Waals surface area (Å²) in [6.07, 6.45) is 11.2. The number of allylic oxidation sites excluding steroid dienone is 3. The molecule has 0 atom stereocenters. The molecule has 0 saturated carbocycles. The predicted molar refractivity (Wildman–Crippen MR) is 74.4 cm³/mol. The quantitative estimate of drug-likeness (QED) is 0.690. The van der Waals surface area contributed by atoms with Crippen LogP contribution in [0.5, 0.6) is 0 Å². The first-order chi connectivity index (χ1) is 8.31. The predicted octanol–water partition coefficient (Wildman–Crippen LogP) is 1.85. The van der Waals surface area contributed by atoms with Crippen LogP contribution in [-0.4, -0.2) is 31.6 Å². The molecule has 1 fully saturated rings. The SMILES string of the molecule is C=C/C=C(\C=C/N)N1CCC(CCNC)CC1. The maximum atomic E-state index is 5.47. The molecule has 1 saturated heterocycles. The summed E-state index contributed by atoms with van der Waals surface area (Å²) in [7, 11) is 2.02. The minimum atomic E-state index is 0.866. The molecule has 1 heterocycles. The van der Waals surface area contributed by atoms with Crippen LogP contribution >= 0.6 is 0 Å². The van der Waals surface area contributed by atoms with E-state index < -0.39 is 0 Å². The number of nitrogens with zero attached hydrogens (tertiary/aromatic N) is 1. The normalized spacial score (nSPS) is 18.9. The smallest absolute Gasteiger partial charge is 0.0380 e. The Morgan fingerprint density at radius 1 is 1.47 bits per heavy atom. The maximum absolute atomic E-state index is 5.47. The molecule has 0 aromatic rings. The standard InChI is InChI=1S/C14H25N3/c1-3-4-14(5-9-15)17-11-7-13(8-12-17)6-10-16-2/h3-5,9,13,16H,1,6-8,10-12,15H2,2H3/b9-5-,14-4+. The lowest BCUT2D eigenvalue weighted by atomic mass is 9.93. The number of piperidine rings is 1. The molecule has 1 aliphatic rings. The molecule has 0 unspecified atom stereocenters. The van der Waals surface area contributed by atoms with Gasteiger partial charge < -0.3 is 16.0 Å². The van der Waals surface area contributed by atoms with Crippen molar-refractivity contribution in [2.45, 2.75) is 19.3 Å². The highest BCUT2D eigenvalue weighted by atomic mass is 15.1. The molecule has 0 aromatic carbocycles. The molecular weight excluding hydrogens is 210 g/mol. The van der Waals surface area contributed by atoms with Gasteiger partial charge in [0.25, 0.3) is 0 Å². The van der Waals surface area contributed by atoms with Gasteiger partial charge in [0.1, 0.15) is 0 Å². The fourth-order valence-corrected chi connectivity index (χ4v) is 2.31. The highest BCUT2D eigenvalue weighted by Gasteiger charge is 2.18. The minimum Gasteiger partial charge on any atom is -0.405 e. The topological polar surface area (TPSA) is 41.3 Å². The van der Waals surface area contributed by atoms with Crippen LogP contribution in [0.15, 0.2) is 36.7 Å². The van der Waals surface area contributed by atoms with Crippen LogP contribution in [-0.2, 0) is 0 Å².